The zero-order valence-electron chi connectivity index (χ0n) is 11.9. The van der Waals surface area contributed by atoms with Crippen LogP contribution in [-0.2, 0) is 13.0 Å². The Morgan fingerprint density at radius 1 is 1.21 bits per heavy atom. The predicted molar refractivity (Wildman–Crippen MR) is 82.6 cm³/mol. The molecule has 0 amide bonds. The first-order valence-electron chi connectivity index (χ1n) is 6.83. The smallest absolute Gasteiger partial charge is 0.0971 e. The summed E-state index contributed by atoms with van der Waals surface area (Å²) >= 11 is 1.81. The molecule has 0 radical (unpaired) electrons. The van der Waals surface area contributed by atoms with Gasteiger partial charge in [0.1, 0.15) is 0 Å². The van der Waals surface area contributed by atoms with Gasteiger partial charge in [-0.3, -0.25) is 0 Å². The minimum Gasteiger partial charge on any atom is -0.312 e. The first kappa shape index (κ1) is 14.2. The second kappa shape index (κ2) is 6.83. The highest BCUT2D eigenvalue weighted by Crippen LogP contribution is 2.17. The fourth-order valence-corrected chi connectivity index (χ4v) is 2.80. The molecule has 0 atom stereocenters. The molecule has 0 aliphatic heterocycles. The average Bonchev–Trinajstić information content (AvgIpc) is 2.79. The van der Waals surface area contributed by atoms with Gasteiger partial charge in [0.2, 0.25) is 0 Å². The van der Waals surface area contributed by atoms with Gasteiger partial charge in [-0.2, -0.15) is 0 Å². The van der Waals surface area contributed by atoms with Crippen LogP contribution >= 0.6 is 11.3 Å². The molecule has 3 heteroatoms. The van der Waals surface area contributed by atoms with E-state index in [4.69, 9.17) is 0 Å². The van der Waals surface area contributed by atoms with Crippen molar-refractivity contribution in [3.63, 3.8) is 0 Å². The molecular formula is C16H22N2S. The highest BCUT2D eigenvalue weighted by molar-refractivity contribution is 7.11. The first-order chi connectivity index (χ1) is 9.13. The molecule has 1 N–H and O–H groups in total. The molecule has 2 nitrogen and oxygen atoms in total. The highest BCUT2D eigenvalue weighted by Gasteiger charge is 2.03. The molecule has 0 fully saturated rings. The second-order valence-corrected chi connectivity index (χ2v) is 6.61. The average molecular weight is 274 g/mol. The summed E-state index contributed by atoms with van der Waals surface area (Å²) in [5, 5.41) is 4.66. The molecular weight excluding hydrogens is 252 g/mol. The maximum absolute atomic E-state index is 4.51. The lowest BCUT2D eigenvalue weighted by Crippen LogP contribution is -2.18. The van der Waals surface area contributed by atoms with Crippen LogP contribution in [0.3, 0.4) is 0 Å². The van der Waals surface area contributed by atoms with Crippen molar-refractivity contribution >= 4 is 11.3 Å². The molecule has 0 aliphatic rings. The predicted octanol–water partition coefficient (Wildman–Crippen LogP) is 3.79. The number of nitrogens with one attached hydrogen (secondary N) is 1. The quantitative estimate of drug-likeness (QED) is 0.867. The monoisotopic (exact) mass is 274 g/mol. The van der Waals surface area contributed by atoms with Crippen LogP contribution in [0.2, 0.25) is 0 Å². The standard InChI is InChI=1S/C16H22N2S/c1-12(2)9-17-10-15-11-18-16(19-15)8-14-6-4-13(3)5-7-14/h4-7,11-12,17H,8-10H2,1-3H3. The van der Waals surface area contributed by atoms with E-state index in [-0.39, 0.29) is 0 Å². The maximum Gasteiger partial charge on any atom is 0.0971 e. The summed E-state index contributed by atoms with van der Waals surface area (Å²) in [6.45, 7) is 8.56. The van der Waals surface area contributed by atoms with Crippen LogP contribution < -0.4 is 5.32 Å². The molecule has 2 aromatic rings. The Kier molecular flexibility index (Phi) is 5.11. The minimum absolute atomic E-state index is 0.694. The summed E-state index contributed by atoms with van der Waals surface area (Å²) in [4.78, 5) is 5.83. The van der Waals surface area contributed by atoms with Gasteiger partial charge < -0.3 is 5.32 Å². The zero-order chi connectivity index (χ0) is 13.7. The van der Waals surface area contributed by atoms with Crippen molar-refractivity contribution in [2.24, 2.45) is 5.92 Å². The summed E-state index contributed by atoms with van der Waals surface area (Å²) in [6.07, 6.45) is 2.94. The maximum atomic E-state index is 4.51. The van der Waals surface area contributed by atoms with Crippen molar-refractivity contribution in [2.45, 2.75) is 33.7 Å². The van der Waals surface area contributed by atoms with E-state index in [0.29, 0.717) is 5.92 Å². The zero-order valence-corrected chi connectivity index (χ0v) is 12.8. The van der Waals surface area contributed by atoms with Crippen LogP contribution in [0.15, 0.2) is 30.5 Å². The minimum atomic E-state index is 0.694. The van der Waals surface area contributed by atoms with Gasteiger partial charge in [-0.1, -0.05) is 43.7 Å². The number of hydrogen-bond donors (Lipinski definition) is 1. The number of rotatable bonds is 6. The topological polar surface area (TPSA) is 24.9 Å². The first-order valence-corrected chi connectivity index (χ1v) is 7.65. The van der Waals surface area contributed by atoms with Crippen LogP contribution in [0.5, 0.6) is 0 Å². The lowest BCUT2D eigenvalue weighted by Gasteiger charge is -2.04. The molecule has 0 aliphatic carbocycles. The molecule has 102 valence electrons. The lowest BCUT2D eigenvalue weighted by molar-refractivity contribution is 0.554. The van der Waals surface area contributed by atoms with Gasteiger partial charge >= 0.3 is 0 Å². The largest absolute Gasteiger partial charge is 0.312 e. The SMILES string of the molecule is Cc1ccc(Cc2ncc(CNCC(C)C)s2)cc1. The summed E-state index contributed by atoms with van der Waals surface area (Å²) in [5.74, 6) is 0.694. The van der Waals surface area contributed by atoms with Gasteiger partial charge in [-0.25, -0.2) is 4.98 Å². The van der Waals surface area contributed by atoms with Crippen molar-refractivity contribution in [3.05, 3.63) is 51.5 Å². The Hall–Kier alpha value is -1.19. The van der Waals surface area contributed by atoms with E-state index >= 15 is 0 Å². The van der Waals surface area contributed by atoms with E-state index in [1.807, 2.05) is 17.5 Å². The van der Waals surface area contributed by atoms with Crippen molar-refractivity contribution in [3.8, 4) is 0 Å². The Bertz CT molecular complexity index is 500. The molecule has 0 saturated carbocycles. The number of thiazole rings is 1. The number of aromatic nitrogens is 1. The third-order valence-corrected chi connectivity index (χ3v) is 3.93. The molecule has 0 spiro atoms. The second-order valence-electron chi connectivity index (χ2n) is 5.41. The molecule has 0 bridgehead atoms. The van der Waals surface area contributed by atoms with Crippen molar-refractivity contribution in [2.75, 3.05) is 6.54 Å². The number of aryl methyl sites for hydroxylation is 1. The van der Waals surface area contributed by atoms with Crippen molar-refractivity contribution in [1.29, 1.82) is 0 Å². The lowest BCUT2D eigenvalue weighted by atomic mass is 10.1. The van der Waals surface area contributed by atoms with E-state index in [0.717, 1.165) is 19.5 Å². The third-order valence-electron chi connectivity index (χ3n) is 2.93. The summed E-state index contributed by atoms with van der Waals surface area (Å²) in [7, 11) is 0. The van der Waals surface area contributed by atoms with E-state index in [1.54, 1.807) is 0 Å². The van der Waals surface area contributed by atoms with Crippen LogP contribution in [0.25, 0.3) is 0 Å². The summed E-state index contributed by atoms with van der Waals surface area (Å²) in [5.41, 5.74) is 2.64. The van der Waals surface area contributed by atoms with E-state index < -0.39 is 0 Å². The Balaban J connectivity index is 1.88. The Morgan fingerprint density at radius 3 is 2.63 bits per heavy atom. The fraction of sp³-hybridized carbons (Fsp3) is 0.438. The van der Waals surface area contributed by atoms with E-state index in [1.165, 1.54) is 21.0 Å². The van der Waals surface area contributed by atoms with Gasteiger partial charge in [0.15, 0.2) is 0 Å². The fourth-order valence-electron chi connectivity index (χ4n) is 1.88. The van der Waals surface area contributed by atoms with Crippen LogP contribution in [-0.4, -0.2) is 11.5 Å². The Labute approximate surface area is 119 Å². The molecule has 0 saturated heterocycles. The highest BCUT2D eigenvalue weighted by atomic mass is 32.1. The summed E-state index contributed by atoms with van der Waals surface area (Å²) < 4.78 is 0. The van der Waals surface area contributed by atoms with E-state index in [9.17, 15) is 0 Å². The molecule has 2 rings (SSSR count). The van der Waals surface area contributed by atoms with Gasteiger partial charge in [-0.05, 0) is 24.9 Å². The van der Waals surface area contributed by atoms with Gasteiger partial charge in [0.05, 0.1) is 5.01 Å². The van der Waals surface area contributed by atoms with Crippen LogP contribution in [0.1, 0.15) is 34.9 Å². The molecule has 0 unspecified atom stereocenters. The molecule has 1 heterocycles. The number of nitrogens with zero attached hydrogens (tertiary/aromatic N) is 1. The molecule has 1 aromatic heterocycles. The van der Waals surface area contributed by atoms with Gasteiger partial charge in [-0.15, -0.1) is 11.3 Å². The normalized spacial score (nSPS) is 11.2. The molecule has 19 heavy (non-hydrogen) atoms. The van der Waals surface area contributed by atoms with Crippen molar-refractivity contribution < 1.29 is 0 Å². The van der Waals surface area contributed by atoms with Crippen molar-refractivity contribution in [1.82, 2.24) is 10.3 Å². The van der Waals surface area contributed by atoms with Crippen LogP contribution in [0, 0.1) is 12.8 Å². The van der Waals surface area contributed by atoms with Gasteiger partial charge in [0.25, 0.3) is 0 Å². The Morgan fingerprint density at radius 2 is 1.95 bits per heavy atom. The third kappa shape index (κ3) is 4.77. The van der Waals surface area contributed by atoms with Crippen LogP contribution in [0.4, 0.5) is 0 Å². The van der Waals surface area contributed by atoms with Gasteiger partial charge in [0, 0.05) is 24.0 Å². The number of hydrogen-bond acceptors (Lipinski definition) is 3. The number of benzene rings is 1. The molecule has 1 aromatic carbocycles. The van der Waals surface area contributed by atoms with E-state index in [2.05, 4.69) is 55.3 Å². The summed E-state index contributed by atoms with van der Waals surface area (Å²) in [6, 6.07) is 8.70.